The van der Waals surface area contributed by atoms with E-state index < -0.39 is 6.03 Å². The molecular weight excluding hydrogens is 216 g/mol. The molecule has 0 radical (unpaired) electrons. The Balaban J connectivity index is 3.93. The number of hydrogen-bond acceptors (Lipinski definition) is 4. The number of nitrogens with one attached hydrogen (secondary N) is 2. The van der Waals surface area contributed by atoms with Crippen molar-refractivity contribution in [3.8, 4) is 0 Å². The highest BCUT2D eigenvalue weighted by Crippen LogP contribution is 2.19. The fraction of sp³-hybridized carbons (Fsp3) is 0.778. The van der Waals surface area contributed by atoms with Gasteiger partial charge in [0.1, 0.15) is 0 Å². The lowest BCUT2D eigenvalue weighted by atomic mass is 10.3. The lowest BCUT2D eigenvalue weighted by Gasteiger charge is -2.15. The van der Waals surface area contributed by atoms with E-state index in [4.69, 9.17) is 5.11 Å². The number of urea groups is 1. The largest absolute Gasteiger partial charge is 0.396 e. The van der Waals surface area contributed by atoms with Gasteiger partial charge in [-0.25, -0.2) is 4.79 Å². The third-order valence-corrected chi connectivity index (χ3v) is 3.13. The highest BCUT2D eigenvalue weighted by molar-refractivity contribution is 8.01. The van der Waals surface area contributed by atoms with Gasteiger partial charge in [-0.1, -0.05) is 6.92 Å². The maximum absolute atomic E-state index is 11.4. The van der Waals surface area contributed by atoms with E-state index in [9.17, 15) is 9.59 Å². The average molecular weight is 234 g/mol. The summed E-state index contributed by atoms with van der Waals surface area (Å²) in [5, 5.41) is 13.1. The number of aliphatic hydroxyl groups is 1. The molecule has 88 valence electrons. The normalized spacial score (nSPS) is 14.1. The Kier molecular flexibility index (Phi) is 7.15. The van der Waals surface area contributed by atoms with Crippen LogP contribution in [0.25, 0.3) is 0 Å². The molecule has 6 heteroatoms. The Morgan fingerprint density at radius 1 is 1.40 bits per heavy atom. The second-order valence-electron chi connectivity index (χ2n) is 3.17. The lowest BCUT2D eigenvalue weighted by molar-refractivity contribution is -0.119. The topological polar surface area (TPSA) is 78.4 Å². The van der Waals surface area contributed by atoms with Crippen LogP contribution in [0.1, 0.15) is 20.3 Å². The van der Waals surface area contributed by atoms with Gasteiger partial charge in [0, 0.05) is 18.9 Å². The van der Waals surface area contributed by atoms with Gasteiger partial charge < -0.3 is 10.4 Å². The van der Waals surface area contributed by atoms with Crippen LogP contribution in [0.2, 0.25) is 0 Å². The molecule has 15 heavy (non-hydrogen) atoms. The predicted molar refractivity (Wildman–Crippen MR) is 60.8 cm³/mol. The molecule has 2 unspecified atom stereocenters. The first-order valence-corrected chi connectivity index (χ1v) is 5.74. The first kappa shape index (κ1) is 14.2. The maximum atomic E-state index is 11.4. The molecule has 3 amide bonds. The van der Waals surface area contributed by atoms with Gasteiger partial charge in [0.15, 0.2) is 0 Å². The quantitative estimate of drug-likeness (QED) is 0.641. The van der Waals surface area contributed by atoms with Crippen LogP contribution in [0.4, 0.5) is 4.79 Å². The summed E-state index contributed by atoms with van der Waals surface area (Å²) in [5.41, 5.74) is 0. The molecule has 0 fully saturated rings. The van der Waals surface area contributed by atoms with Gasteiger partial charge >= 0.3 is 6.03 Å². The number of carbonyl (C=O) groups excluding carboxylic acids is 2. The molecule has 0 rings (SSSR count). The van der Waals surface area contributed by atoms with E-state index in [0.29, 0.717) is 6.42 Å². The number of amides is 3. The number of aliphatic hydroxyl groups excluding tert-OH is 1. The Morgan fingerprint density at radius 2 is 2.00 bits per heavy atom. The van der Waals surface area contributed by atoms with Gasteiger partial charge in [-0.3, -0.25) is 10.1 Å². The van der Waals surface area contributed by atoms with Crippen LogP contribution in [0.3, 0.4) is 0 Å². The van der Waals surface area contributed by atoms with Crippen LogP contribution in [0.5, 0.6) is 0 Å². The van der Waals surface area contributed by atoms with Gasteiger partial charge in [0.05, 0.1) is 5.25 Å². The van der Waals surface area contributed by atoms with Crippen molar-refractivity contribution in [1.29, 1.82) is 0 Å². The molecule has 0 aromatic heterocycles. The first-order valence-electron chi connectivity index (χ1n) is 4.80. The molecule has 0 saturated carbocycles. The summed E-state index contributed by atoms with van der Waals surface area (Å²) in [6, 6.07) is -0.498. The minimum Gasteiger partial charge on any atom is -0.396 e. The average Bonchev–Trinajstić information content (AvgIpc) is 2.17. The molecule has 0 saturated heterocycles. The minimum atomic E-state index is -0.498. The van der Waals surface area contributed by atoms with Gasteiger partial charge in [-0.2, -0.15) is 0 Å². The monoisotopic (exact) mass is 234 g/mol. The van der Waals surface area contributed by atoms with Crippen molar-refractivity contribution >= 4 is 23.7 Å². The highest BCUT2D eigenvalue weighted by Gasteiger charge is 2.18. The third kappa shape index (κ3) is 6.35. The molecular formula is C9H18N2O3S. The Bertz CT molecular complexity index is 223. The highest BCUT2D eigenvalue weighted by atomic mass is 32.2. The van der Waals surface area contributed by atoms with E-state index in [1.165, 1.54) is 18.8 Å². The smallest absolute Gasteiger partial charge is 0.321 e. The standard InChI is InChI=1S/C9H18N2O3S/c1-6(4-5-12)15-7(2)8(13)11-9(14)10-3/h6-7,12H,4-5H2,1-3H3,(H2,10,11,13,14). The van der Waals surface area contributed by atoms with Crippen LogP contribution in [-0.2, 0) is 4.79 Å². The van der Waals surface area contributed by atoms with Gasteiger partial charge in [-0.05, 0) is 13.3 Å². The second-order valence-corrected chi connectivity index (χ2v) is 4.95. The van der Waals surface area contributed by atoms with E-state index in [0.717, 1.165) is 0 Å². The Labute approximate surface area is 94.0 Å². The second kappa shape index (κ2) is 7.53. The number of hydrogen-bond donors (Lipinski definition) is 3. The molecule has 5 nitrogen and oxygen atoms in total. The number of imide groups is 1. The molecule has 0 aromatic carbocycles. The molecule has 0 bridgehead atoms. The van der Waals surface area contributed by atoms with Crippen LogP contribution in [-0.4, -0.2) is 41.2 Å². The Morgan fingerprint density at radius 3 is 2.47 bits per heavy atom. The molecule has 0 aliphatic heterocycles. The summed E-state index contributed by atoms with van der Waals surface area (Å²) in [4.78, 5) is 22.2. The minimum absolute atomic E-state index is 0.109. The van der Waals surface area contributed by atoms with Gasteiger partial charge in [-0.15, -0.1) is 11.8 Å². The van der Waals surface area contributed by atoms with E-state index in [1.807, 2.05) is 6.92 Å². The van der Waals surface area contributed by atoms with E-state index in [-0.39, 0.29) is 23.0 Å². The van der Waals surface area contributed by atoms with Crippen LogP contribution in [0.15, 0.2) is 0 Å². The molecule has 0 heterocycles. The zero-order valence-electron chi connectivity index (χ0n) is 9.24. The number of rotatable bonds is 5. The van der Waals surface area contributed by atoms with Gasteiger partial charge in [0.25, 0.3) is 0 Å². The van der Waals surface area contributed by atoms with E-state index >= 15 is 0 Å². The summed E-state index contributed by atoms with van der Waals surface area (Å²) < 4.78 is 0. The summed E-state index contributed by atoms with van der Waals surface area (Å²) in [5.74, 6) is -0.316. The fourth-order valence-corrected chi connectivity index (χ4v) is 2.06. The van der Waals surface area contributed by atoms with Crippen molar-refractivity contribution < 1.29 is 14.7 Å². The Hall–Kier alpha value is -0.750. The summed E-state index contributed by atoms with van der Waals surface area (Å²) in [6.07, 6.45) is 0.641. The summed E-state index contributed by atoms with van der Waals surface area (Å²) >= 11 is 1.43. The third-order valence-electron chi connectivity index (χ3n) is 1.81. The molecule has 0 spiro atoms. The van der Waals surface area contributed by atoms with Crippen molar-refractivity contribution in [1.82, 2.24) is 10.6 Å². The van der Waals surface area contributed by atoms with Crippen molar-refractivity contribution in [3.63, 3.8) is 0 Å². The SMILES string of the molecule is CNC(=O)NC(=O)C(C)SC(C)CCO. The van der Waals surface area contributed by atoms with Crippen LogP contribution < -0.4 is 10.6 Å². The van der Waals surface area contributed by atoms with Crippen molar-refractivity contribution in [2.24, 2.45) is 0 Å². The fourth-order valence-electron chi connectivity index (χ4n) is 0.936. The van der Waals surface area contributed by atoms with E-state index in [1.54, 1.807) is 6.92 Å². The van der Waals surface area contributed by atoms with Crippen LogP contribution in [0, 0.1) is 0 Å². The summed E-state index contributed by atoms with van der Waals surface area (Å²) in [7, 11) is 1.45. The molecule has 0 aliphatic carbocycles. The molecule has 2 atom stereocenters. The zero-order chi connectivity index (χ0) is 11.8. The zero-order valence-corrected chi connectivity index (χ0v) is 10.1. The lowest BCUT2D eigenvalue weighted by Crippen LogP contribution is -2.41. The van der Waals surface area contributed by atoms with Crippen LogP contribution >= 0.6 is 11.8 Å². The molecule has 3 N–H and O–H groups in total. The summed E-state index contributed by atoms with van der Waals surface area (Å²) in [6.45, 7) is 3.78. The van der Waals surface area contributed by atoms with Crippen molar-refractivity contribution in [3.05, 3.63) is 0 Å². The molecule has 0 aromatic rings. The predicted octanol–water partition coefficient (Wildman–Crippen LogP) is 0.335. The van der Waals surface area contributed by atoms with Crippen molar-refractivity contribution in [2.75, 3.05) is 13.7 Å². The number of thioether (sulfide) groups is 1. The first-order chi connectivity index (χ1) is 7.01. The maximum Gasteiger partial charge on any atom is 0.321 e. The van der Waals surface area contributed by atoms with Gasteiger partial charge in [0.2, 0.25) is 5.91 Å². The van der Waals surface area contributed by atoms with Crippen molar-refractivity contribution in [2.45, 2.75) is 30.8 Å². The number of carbonyl (C=O) groups is 2. The van der Waals surface area contributed by atoms with E-state index in [2.05, 4.69) is 10.6 Å². The molecule has 0 aliphatic rings.